The molecule has 0 spiro atoms. The molecule has 0 unspecified atom stereocenters. The summed E-state index contributed by atoms with van der Waals surface area (Å²) in [7, 11) is 3.51. The molecule has 0 saturated carbocycles. The molecule has 33 heavy (non-hydrogen) atoms. The zero-order valence-electron chi connectivity index (χ0n) is 18.9. The van der Waals surface area contributed by atoms with Gasteiger partial charge in [0.2, 0.25) is 0 Å². The highest BCUT2D eigenvalue weighted by Gasteiger charge is 2.16. The molecule has 168 valence electrons. The fourth-order valence-electron chi connectivity index (χ4n) is 3.33. The summed E-state index contributed by atoms with van der Waals surface area (Å²) in [6, 6.07) is 25.7. The van der Waals surface area contributed by atoms with Gasteiger partial charge >= 0.3 is 0 Å². The summed E-state index contributed by atoms with van der Waals surface area (Å²) in [5, 5.41) is 9.66. The Morgan fingerprint density at radius 3 is 2.33 bits per heavy atom. The van der Waals surface area contributed by atoms with Crippen molar-refractivity contribution in [3.63, 3.8) is 0 Å². The van der Waals surface area contributed by atoms with Gasteiger partial charge in [0.15, 0.2) is 11.0 Å². The van der Waals surface area contributed by atoms with Gasteiger partial charge in [-0.3, -0.25) is 9.36 Å². The third-order valence-corrected chi connectivity index (χ3v) is 6.14. The molecular weight excluding hydrogens is 432 g/mol. The van der Waals surface area contributed by atoms with Crippen LogP contribution in [0.3, 0.4) is 0 Å². The van der Waals surface area contributed by atoms with Crippen LogP contribution in [0.4, 0.5) is 0 Å². The fraction of sp³-hybridized carbons (Fsp3) is 0.192. The van der Waals surface area contributed by atoms with Crippen LogP contribution in [-0.4, -0.2) is 39.7 Å². The predicted octanol–water partition coefficient (Wildman–Crippen LogP) is 5.15. The van der Waals surface area contributed by atoms with Crippen LogP contribution in [0.25, 0.3) is 5.69 Å². The van der Waals surface area contributed by atoms with Gasteiger partial charge in [-0.1, -0.05) is 60.3 Å². The first-order valence-corrected chi connectivity index (χ1v) is 11.6. The summed E-state index contributed by atoms with van der Waals surface area (Å²) < 4.78 is 8.08. The largest absolute Gasteiger partial charge is 0.485 e. The molecule has 0 fully saturated rings. The second kappa shape index (κ2) is 10.4. The first-order valence-electron chi connectivity index (χ1n) is 10.6. The number of nitrogens with zero attached hydrogens (tertiary/aromatic N) is 4. The van der Waals surface area contributed by atoms with Gasteiger partial charge in [-0.15, -0.1) is 10.2 Å². The third kappa shape index (κ3) is 5.43. The van der Waals surface area contributed by atoms with E-state index in [0.29, 0.717) is 17.9 Å². The van der Waals surface area contributed by atoms with Gasteiger partial charge in [0.1, 0.15) is 12.4 Å². The minimum Gasteiger partial charge on any atom is -0.485 e. The molecule has 0 bridgehead atoms. The van der Waals surface area contributed by atoms with Gasteiger partial charge in [0, 0.05) is 31.1 Å². The third-order valence-electron chi connectivity index (χ3n) is 5.14. The molecule has 0 saturated heterocycles. The van der Waals surface area contributed by atoms with E-state index in [9.17, 15) is 4.79 Å². The van der Waals surface area contributed by atoms with Gasteiger partial charge in [0.05, 0.1) is 0 Å². The Labute approximate surface area is 198 Å². The Bertz CT molecular complexity index is 1220. The molecule has 0 radical (unpaired) electrons. The van der Waals surface area contributed by atoms with Crippen LogP contribution in [0.2, 0.25) is 0 Å². The second-order valence-corrected chi connectivity index (χ2v) is 8.75. The molecular formula is C26H26N4O2S. The standard InChI is InChI=1S/C26H26N4O2S/c1-19-9-7-8-12-23(19)32-17-24-27-28-26(30(24)22-10-5-4-6-11-22)33-18-20-13-15-21(16-14-20)25(31)29(2)3/h4-16H,17-18H2,1-3H3. The van der Waals surface area contributed by atoms with Crippen LogP contribution in [-0.2, 0) is 12.4 Å². The number of aromatic nitrogens is 3. The van der Waals surface area contributed by atoms with Crippen molar-refractivity contribution in [2.45, 2.75) is 24.4 Å². The summed E-state index contributed by atoms with van der Waals surface area (Å²) in [4.78, 5) is 13.7. The SMILES string of the molecule is Cc1ccccc1OCc1nnc(SCc2ccc(C(=O)N(C)C)cc2)n1-c1ccccc1. The van der Waals surface area contributed by atoms with Gasteiger partial charge < -0.3 is 9.64 Å². The molecule has 3 aromatic carbocycles. The lowest BCUT2D eigenvalue weighted by Crippen LogP contribution is -2.21. The maximum absolute atomic E-state index is 12.1. The minimum absolute atomic E-state index is 0.00341. The van der Waals surface area contributed by atoms with Gasteiger partial charge in [-0.25, -0.2) is 0 Å². The van der Waals surface area contributed by atoms with Crippen LogP contribution < -0.4 is 4.74 Å². The predicted molar refractivity (Wildman–Crippen MR) is 131 cm³/mol. The lowest BCUT2D eigenvalue weighted by molar-refractivity contribution is 0.0827. The lowest BCUT2D eigenvalue weighted by Gasteiger charge is -2.12. The van der Waals surface area contributed by atoms with Crippen LogP contribution >= 0.6 is 11.8 Å². The summed E-state index contributed by atoms with van der Waals surface area (Å²) in [6.45, 7) is 2.34. The molecule has 0 N–H and O–H groups in total. The van der Waals surface area contributed by atoms with Gasteiger partial charge in [-0.05, 0) is 48.4 Å². The number of hydrogen-bond donors (Lipinski definition) is 0. The van der Waals surface area contributed by atoms with Crippen LogP contribution in [0.5, 0.6) is 5.75 Å². The van der Waals surface area contributed by atoms with E-state index in [0.717, 1.165) is 33.5 Å². The zero-order chi connectivity index (χ0) is 23.2. The molecule has 6 nitrogen and oxygen atoms in total. The summed E-state index contributed by atoms with van der Waals surface area (Å²) in [6.07, 6.45) is 0. The first kappa shape index (κ1) is 22.6. The second-order valence-electron chi connectivity index (χ2n) is 7.81. The highest BCUT2D eigenvalue weighted by atomic mass is 32.2. The summed E-state index contributed by atoms with van der Waals surface area (Å²) in [5.74, 6) is 2.27. The van der Waals surface area contributed by atoms with E-state index in [2.05, 4.69) is 10.2 Å². The van der Waals surface area contributed by atoms with Crippen molar-refractivity contribution < 1.29 is 9.53 Å². The number of carbonyl (C=O) groups is 1. The van der Waals surface area contributed by atoms with E-state index in [1.165, 1.54) is 0 Å². The van der Waals surface area contributed by atoms with Crippen molar-refractivity contribution in [2.24, 2.45) is 0 Å². The Morgan fingerprint density at radius 2 is 1.64 bits per heavy atom. The molecule has 1 aromatic heterocycles. The van der Waals surface area contributed by atoms with Crippen molar-refractivity contribution >= 4 is 17.7 Å². The Kier molecular flexibility index (Phi) is 7.10. The van der Waals surface area contributed by atoms with Crippen LogP contribution in [0, 0.1) is 6.92 Å². The van der Waals surface area contributed by atoms with Crippen molar-refractivity contribution in [3.8, 4) is 11.4 Å². The molecule has 0 atom stereocenters. The summed E-state index contributed by atoms with van der Waals surface area (Å²) in [5.41, 5.74) is 3.85. The Balaban J connectivity index is 1.53. The maximum Gasteiger partial charge on any atom is 0.253 e. The average Bonchev–Trinajstić information content (AvgIpc) is 3.25. The summed E-state index contributed by atoms with van der Waals surface area (Å²) >= 11 is 1.60. The smallest absolute Gasteiger partial charge is 0.253 e. The number of amides is 1. The maximum atomic E-state index is 12.1. The van der Waals surface area contributed by atoms with Crippen molar-refractivity contribution in [3.05, 3.63) is 101 Å². The first-order chi connectivity index (χ1) is 16.0. The lowest BCUT2D eigenvalue weighted by atomic mass is 10.1. The molecule has 1 heterocycles. The van der Waals surface area contributed by atoms with E-state index in [1.807, 2.05) is 90.4 Å². The number of para-hydroxylation sites is 2. The van der Waals surface area contributed by atoms with Crippen LogP contribution in [0.15, 0.2) is 84.0 Å². The van der Waals surface area contributed by atoms with E-state index >= 15 is 0 Å². The number of ether oxygens (including phenoxy) is 1. The molecule has 0 aliphatic carbocycles. The van der Waals surface area contributed by atoms with Crippen LogP contribution in [0.1, 0.15) is 27.3 Å². The van der Waals surface area contributed by atoms with Crippen molar-refractivity contribution in [1.82, 2.24) is 19.7 Å². The van der Waals surface area contributed by atoms with E-state index in [4.69, 9.17) is 4.74 Å². The van der Waals surface area contributed by atoms with Gasteiger partial charge in [0.25, 0.3) is 5.91 Å². The van der Waals surface area contributed by atoms with E-state index in [-0.39, 0.29) is 5.91 Å². The highest BCUT2D eigenvalue weighted by Crippen LogP contribution is 2.26. The van der Waals surface area contributed by atoms with E-state index < -0.39 is 0 Å². The topological polar surface area (TPSA) is 60.3 Å². The molecule has 0 aliphatic heterocycles. The monoisotopic (exact) mass is 458 g/mol. The quantitative estimate of drug-likeness (QED) is 0.342. The number of aryl methyl sites for hydroxylation is 1. The Hall–Kier alpha value is -3.58. The van der Waals surface area contributed by atoms with E-state index in [1.54, 1.807) is 30.8 Å². The Morgan fingerprint density at radius 1 is 0.939 bits per heavy atom. The molecule has 7 heteroatoms. The average molecular weight is 459 g/mol. The van der Waals surface area contributed by atoms with Crippen molar-refractivity contribution in [1.29, 1.82) is 0 Å². The molecule has 1 amide bonds. The molecule has 4 rings (SSSR count). The molecule has 4 aromatic rings. The fourth-order valence-corrected chi connectivity index (χ4v) is 4.26. The number of rotatable bonds is 8. The molecule has 0 aliphatic rings. The minimum atomic E-state index is -0.00341. The number of thioether (sulfide) groups is 1. The number of hydrogen-bond acceptors (Lipinski definition) is 5. The van der Waals surface area contributed by atoms with Crippen molar-refractivity contribution in [2.75, 3.05) is 14.1 Å². The highest BCUT2D eigenvalue weighted by molar-refractivity contribution is 7.98. The van der Waals surface area contributed by atoms with Gasteiger partial charge in [-0.2, -0.15) is 0 Å². The zero-order valence-corrected chi connectivity index (χ0v) is 19.7. The number of carbonyl (C=O) groups excluding carboxylic acids is 1. The normalized spacial score (nSPS) is 10.8. The number of benzene rings is 3.